The van der Waals surface area contributed by atoms with Crippen LogP contribution < -0.4 is 4.72 Å². The molecule has 6 nitrogen and oxygen atoms in total. The largest absolute Gasteiger partial charge is 0.390 e. The van der Waals surface area contributed by atoms with Crippen LogP contribution >= 0.6 is 0 Å². The summed E-state index contributed by atoms with van der Waals surface area (Å²) < 4.78 is 29.0. The zero-order chi connectivity index (χ0) is 18.0. The minimum absolute atomic E-state index is 0.0467. The molecule has 0 aliphatic carbocycles. The number of benzene rings is 1. The van der Waals surface area contributed by atoms with Crippen molar-refractivity contribution in [2.75, 3.05) is 13.1 Å². The summed E-state index contributed by atoms with van der Waals surface area (Å²) in [5.74, 6) is 0. The van der Waals surface area contributed by atoms with E-state index < -0.39 is 16.3 Å². The van der Waals surface area contributed by atoms with Gasteiger partial charge >= 0.3 is 0 Å². The maximum atomic E-state index is 12.5. The highest BCUT2D eigenvalue weighted by atomic mass is 32.2. The third kappa shape index (κ3) is 4.41. The molecule has 25 heavy (non-hydrogen) atoms. The van der Waals surface area contributed by atoms with Crippen molar-refractivity contribution in [3.8, 4) is 0 Å². The predicted octanol–water partition coefficient (Wildman–Crippen LogP) is 1.46. The number of nitrogens with zero attached hydrogens (tertiary/aromatic N) is 2. The quantitative estimate of drug-likeness (QED) is 0.798. The number of hydrogen-bond donors (Lipinski definition) is 2. The number of β-amino-alcohol motifs (C(OH)–C–C–N with tert-alkyl or cyclic N) is 1. The number of likely N-dealkylation sites (tertiary alicyclic amines) is 1. The van der Waals surface area contributed by atoms with Crippen LogP contribution in [0.25, 0.3) is 0 Å². The van der Waals surface area contributed by atoms with Crippen molar-refractivity contribution in [3.05, 3.63) is 35.4 Å². The van der Waals surface area contributed by atoms with Gasteiger partial charge in [-0.25, -0.2) is 0 Å². The number of piperidine rings is 1. The number of nitrogens with one attached hydrogen (secondary N) is 1. The molecular weight excluding hydrogens is 338 g/mol. The van der Waals surface area contributed by atoms with E-state index in [-0.39, 0.29) is 6.54 Å². The standard InChI is InChI=1S/C18H29N3O3S/c1-14-6-5-7-15(2)21(14)13-18(22)10-19-25(23,24)20-11-16-8-3-4-9-17(16)12-20/h3-4,8-9,14-15,18-19,22H,5-7,10-13H2,1-2H3/t14-,15+,18-/m0/s1. The van der Waals surface area contributed by atoms with Crippen molar-refractivity contribution in [2.45, 2.75) is 64.4 Å². The van der Waals surface area contributed by atoms with Crippen molar-refractivity contribution in [1.29, 1.82) is 0 Å². The molecule has 0 saturated carbocycles. The van der Waals surface area contributed by atoms with Gasteiger partial charge in [-0.3, -0.25) is 4.90 Å². The zero-order valence-electron chi connectivity index (χ0n) is 15.1. The number of rotatable bonds is 6. The average molecular weight is 368 g/mol. The maximum Gasteiger partial charge on any atom is 0.280 e. The number of hydrogen-bond acceptors (Lipinski definition) is 4. The van der Waals surface area contributed by atoms with E-state index in [4.69, 9.17) is 0 Å². The van der Waals surface area contributed by atoms with Gasteiger partial charge < -0.3 is 5.11 Å². The Morgan fingerprint density at radius 3 is 2.28 bits per heavy atom. The van der Waals surface area contributed by atoms with Gasteiger partial charge in [0.05, 0.1) is 6.10 Å². The highest BCUT2D eigenvalue weighted by molar-refractivity contribution is 7.87. The highest BCUT2D eigenvalue weighted by Crippen LogP contribution is 2.24. The molecule has 0 aromatic heterocycles. The monoisotopic (exact) mass is 367 g/mol. The van der Waals surface area contributed by atoms with Crippen LogP contribution in [0.4, 0.5) is 0 Å². The predicted molar refractivity (Wildman–Crippen MR) is 98.1 cm³/mol. The second-order valence-corrected chi connectivity index (χ2v) is 9.13. The van der Waals surface area contributed by atoms with Crippen LogP contribution in [0, 0.1) is 0 Å². The van der Waals surface area contributed by atoms with E-state index in [1.165, 1.54) is 10.7 Å². The summed E-state index contributed by atoms with van der Waals surface area (Å²) in [5.41, 5.74) is 2.09. The first kappa shape index (κ1) is 18.8. The molecule has 0 unspecified atom stereocenters. The van der Waals surface area contributed by atoms with E-state index in [0.29, 0.717) is 31.7 Å². The van der Waals surface area contributed by atoms with Crippen molar-refractivity contribution in [3.63, 3.8) is 0 Å². The summed E-state index contributed by atoms with van der Waals surface area (Å²) in [6.07, 6.45) is 2.78. The minimum atomic E-state index is -3.59. The molecule has 2 aliphatic rings. The molecule has 3 rings (SSSR count). The van der Waals surface area contributed by atoms with Gasteiger partial charge in [-0.15, -0.1) is 0 Å². The van der Waals surface area contributed by atoms with Crippen LogP contribution in [0.1, 0.15) is 44.2 Å². The first-order chi connectivity index (χ1) is 11.9. The van der Waals surface area contributed by atoms with Gasteiger partial charge in [0, 0.05) is 38.3 Å². The molecule has 0 amide bonds. The second-order valence-electron chi connectivity index (χ2n) is 7.37. The third-order valence-corrected chi connectivity index (χ3v) is 6.92. The van der Waals surface area contributed by atoms with Crippen LogP contribution in [-0.4, -0.2) is 54.0 Å². The third-order valence-electron chi connectivity index (χ3n) is 5.45. The van der Waals surface area contributed by atoms with E-state index >= 15 is 0 Å². The van der Waals surface area contributed by atoms with E-state index in [0.717, 1.165) is 24.0 Å². The van der Waals surface area contributed by atoms with Crippen LogP contribution in [0.5, 0.6) is 0 Å². The first-order valence-corrected chi connectivity index (χ1v) is 10.6. The van der Waals surface area contributed by atoms with Gasteiger partial charge in [-0.1, -0.05) is 30.7 Å². The van der Waals surface area contributed by atoms with Gasteiger partial charge in [0.1, 0.15) is 0 Å². The maximum absolute atomic E-state index is 12.5. The normalized spacial score (nSPS) is 26.5. The Kier molecular flexibility index (Phi) is 5.80. The topological polar surface area (TPSA) is 72.9 Å². The van der Waals surface area contributed by atoms with E-state index in [1.54, 1.807) is 0 Å². The second kappa shape index (κ2) is 7.72. The fraction of sp³-hybridized carbons (Fsp3) is 0.667. The molecule has 7 heteroatoms. The number of aliphatic hydroxyl groups is 1. The Balaban J connectivity index is 1.52. The number of aliphatic hydroxyl groups excluding tert-OH is 1. The molecule has 140 valence electrons. The fourth-order valence-electron chi connectivity index (χ4n) is 3.91. The molecular formula is C18H29N3O3S. The summed E-state index contributed by atoms with van der Waals surface area (Å²) >= 11 is 0. The van der Waals surface area contributed by atoms with E-state index in [2.05, 4.69) is 23.5 Å². The Bertz CT molecular complexity index is 660. The molecule has 1 saturated heterocycles. The summed E-state index contributed by atoms with van der Waals surface area (Å²) in [6, 6.07) is 8.63. The van der Waals surface area contributed by atoms with Crippen LogP contribution in [-0.2, 0) is 23.3 Å². The Morgan fingerprint density at radius 2 is 1.72 bits per heavy atom. The lowest BCUT2D eigenvalue weighted by molar-refractivity contribution is 0.0437. The van der Waals surface area contributed by atoms with Crippen LogP contribution in [0.3, 0.4) is 0 Å². The smallest absolute Gasteiger partial charge is 0.280 e. The molecule has 2 heterocycles. The molecule has 0 spiro atoms. The number of fused-ring (bicyclic) bond motifs is 1. The average Bonchev–Trinajstić information content (AvgIpc) is 3.02. The lowest BCUT2D eigenvalue weighted by atomic mass is 9.97. The van der Waals surface area contributed by atoms with E-state index in [9.17, 15) is 13.5 Å². The summed E-state index contributed by atoms with van der Waals surface area (Å²) in [4.78, 5) is 2.29. The Labute approximate surface area is 151 Å². The Hall–Kier alpha value is -0.990. The summed E-state index contributed by atoms with van der Waals surface area (Å²) in [5, 5.41) is 10.3. The van der Waals surface area contributed by atoms with Gasteiger partial charge in [-0.05, 0) is 37.8 Å². The molecule has 1 aromatic carbocycles. The van der Waals surface area contributed by atoms with Gasteiger partial charge in [0.25, 0.3) is 10.2 Å². The fourth-order valence-corrected chi connectivity index (χ4v) is 5.11. The summed E-state index contributed by atoms with van der Waals surface area (Å²) in [7, 11) is -3.59. The van der Waals surface area contributed by atoms with Crippen LogP contribution in [0.2, 0.25) is 0 Å². The lowest BCUT2D eigenvalue weighted by Gasteiger charge is -2.40. The highest BCUT2D eigenvalue weighted by Gasteiger charge is 2.30. The van der Waals surface area contributed by atoms with Crippen molar-refractivity contribution < 1.29 is 13.5 Å². The Morgan fingerprint density at radius 1 is 1.16 bits per heavy atom. The molecule has 1 fully saturated rings. The first-order valence-electron chi connectivity index (χ1n) is 9.12. The zero-order valence-corrected chi connectivity index (χ0v) is 15.9. The summed E-state index contributed by atoms with van der Waals surface area (Å²) in [6.45, 7) is 5.68. The molecule has 1 aromatic rings. The molecule has 0 radical (unpaired) electrons. The van der Waals surface area contributed by atoms with Crippen molar-refractivity contribution in [1.82, 2.24) is 13.9 Å². The van der Waals surface area contributed by atoms with E-state index in [1.807, 2.05) is 24.3 Å². The van der Waals surface area contributed by atoms with Crippen LogP contribution in [0.15, 0.2) is 24.3 Å². The van der Waals surface area contributed by atoms with Gasteiger partial charge in [0.2, 0.25) is 0 Å². The van der Waals surface area contributed by atoms with Gasteiger partial charge in [-0.2, -0.15) is 17.4 Å². The van der Waals surface area contributed by atoms with Gasteiger partial charge in [0.15, 0.2) is 0 Å². The lowest BCUT2D eigenvalue weighted by Crippen LogP contribution is -2.50. The minimum Gasteiger partial charge on any atom is -0.390 e. The van der Waals surface area contributed by atoms with Crippen molar-refractivity contribution >= 4 is 10.2 Å². The molecule has 2 aliphatic heterocycles. The van der Waals surface area contributed by atoms with Crippen molar-refractivity contribution in [2.24, 2.45) is 0 Å². The molecule has 0 bridgehead atoms. The SMILES string of the molecule is C[C@@H]1CCC[C@H](C)N1C[C@@H](O)CNS(=O)(=O)N1Cc2ccccc2C1. The molecule has 3 atom stereocenters. The molecule has 2 N–H and O–H groups in total.